The van der Waals surface area contributed by atoms with E-state index in [4.69, 9.17) is 4.74 Å². The van der Waals surface area contributed by atoms with Crippen LogP contribution in [0.5, 0.6) is 0 Å². The van der Waals surface area contributed by atoms with Gasteiger partial charge in [0.1, 0.15) is 0 Å². The van der Waals surface area contributed by atoms with Crippen molar-refractivity contribution >= 4 is 5.91 Å². The third-order valence-electron chi connectivity index (χ3n) is 5.18. The first-order valence-corrected chi connectivity index (χ1v) is 8.27. The summed E-state index contributed by atoms with van der Waals surface area (Å²) in [6.45, 7) is 4.07. The molecule has 0 aromatic heterocycles. The van der Waals surface area contributed by atoms with Crippen molar-refractivity contribution < 1.29 is 9.53 Å². The zero-order valence-corrected chi connectivity index (χ0v) is 13.4. The molecule has 0 bridgehead atoms. The summed E-state index contributed by atoms with van der Waals surface area (Å²) >= 11 is 0. The Morgan fingerprint density at radius 2 is 2.05 bits per heavy atom. The summed E-state index contributed by atoms with van der Waals surface area (Å²) in [4.78, 5) is 14.9. The van der Waals surface area contributed by atoms with Gasteiger partial charge in [0, 0.05) is 26.1 Å². The maximum Gasteiger partial charge on any atom is 0.226 e. The fourth-order valence-electron chi connectivity index (χ4n) is 3.67. The number of ether oxygens (including phenoxy) is 1. The first-order valence-electron chi connectivity index (χ1n) is 8.27. The second kappa shape index (κ2) is 6.80. The minimum absolute atomic E-state index is 0.232. The predicted molar refractivity (Wildman–Crippen MR) is 86.4 cm³/mol. The van der Waals surface area contributed by atoms with Crippen LogP contribution >= 0.6 is 0 Å². The van der Waals surface area contributed by atoms with E-state index in [0.717, 1.165) is 32.4 Å². The van der Waals surface area contributed by atoms with E-state index in [1.165, 1.54) is 5.56 Å². The standard InChI is InChI=1S/C18H26N2O2/c1-22-12-11-20(14-15-5-3-2-4-6-15)17(21)16-13-18(16)7-9-19-10-8-18/h2-6,16,19H,7-14H2,1H3. The molecule has 2 fully saturated rings. The second-order valence-electron chi connectivity index (χ2n) is 6.61. The molecule has 1 unspecified atom stereocenters. The van der Waals surface area contributed by atoms with Gasteiger partial charge < -0.3 is 15.0 Å². The van der Waals surface area contributed by atoms with Gasteiger partial charge in [0.15, 0.2) is 0 Å². The van der Waals surface area contributed by atoms with Crippen LogP contribution in [0, 0.1) is 11.3 Å². The topological polar surface area (TPSA) is 41.6 Å². The van der Waals surface area contributed by atoms with Crippen molar-refractivity contribution in [2.24, 2.45) is 11.3 Å². The Hall–Kier alpha value is -1.39. The maximum atomic E-state index is 12.9. The van der Waals surface area contributed by atoms with Crippen molar-refractivity contribution in [3.8, 4) is 0 Å². The Morgan fingerprint density at radius 3 is 2.73 bits per heavy atom. The van der Waals surface area contributed by atoms with Crippen molar-refractivity contribution in [3.63, 3.8) is 0 Å². The average Bonchev–Trinajstić information content (AvgIpc) is 3.25. The molecule has 2 aliphatic rings. The molecule has 1 saturated heterocycles. The number of benzene rings is 1. The lowest BCUT2D eigenvalue weighted by atomic mass is 9.91. The van der Waals surface area contributed by atoms with Crippen LogP contribution in [0.4, 0.5) is 0 Å². The molecule has 3 rings (SSSR count). The molecule has 120 valence electrons. The predicted octanol–water partition coefficient (Wildman–Crippen LogP) is 2.05. The summed E-state index contributed by atoms with van der Waals surface area (Å²) < 4.78 is 5.19. The molecule has 22 heavy (non-hydrogen) atoms. The van der Waals surface area contributed by atoms with Gasteiger partial charge in [-0.3, -0.25) is 4.79 Å². The molecule has 1 amide bonds. The molecule has 4 heteroatoms. The third kappa shape index (κ3) is 3.33. The van der Waals surface area contributed by atoms with E-state index in [2.05, 4.69) is 17.4 Å². The lowest BCUT2D eigenvalue weighted by Crippen LogP contribution is -2.37. The number of nitrogens with one attached hydrogen (secondary N) is 1. The molecule has 4 nitrogen and oxygen atoms in total. The van der Waals surface area contributed by atoms with Crippen molar-refractivity contribution in [1.29, 1.82) is 0 Å². The molecule has 1 spiro atoms. The molecular weight excluding hydrogens is 276 g/mol. The highest BCUT2D eigenvalue weighted by Gasteiger charge is 2.58. The van der Waals surface area contributed by atoms with E-state index < -0.39 is 0 Å². The van der Waals surface area contributed by atoms with Gasteiger partial charge in [-0.15, -0.1) is 0 Å². The Kier molecular flexibility index (Phi) is 4.79. The number of carbonyl (C=O) groups is 1. The maximum absolute atomic E-state index is 12.9. The summed E-state index contributed by atoms with van der Waals surface area (Å²) in [5.74, 6) is 0.554. The first kappa shape index (κ1) is 15.5. The van der Waals surface area contributed by atoms with Crippen LogP contribution in [0.1, 0.15) is 24.8 Å². The van der Waals surface area contributed by atoms with Gasteiger partial charge in [-0.05, 0) is 43.3 Å². The summed E-state index contributed by atoms with van der Waals surface area (Å²) in [6, 6.07) is 10.2. The molecule has 1 N–H and O–H groups in total. The molecule has 1 atom stereocenters. The second-order valence-corrected chi connectivity index (χ2v) is 6.61. The molecule has 1 aromatic carbocycles. The lowest BCUT2D eigenvalue weighted by Gasteiger charge is -2.27. The fourth-order valence-corrected chi connectivity index (χ4v) is 3.67. The highest BCUT2D eigenvalue weighted by Crippen LogP contribution is 2.59. The van der Waals surface area contributed by atoms with E-state index in [9.17, 15) is 4.79 Å². The van der Waals surface area contributed by atoms with Gasteiger partial charge in [0.25, 0.3) is 0 Å². The minimum atomic E-state index is 0.232. The lowest BCUT2D eigenvalue weighted by molar-refractivity contribution is -0.135. The van der Waals surface area contributed by atoms with Crippen molar-refractivity contribution in [3.05, 3.63) is 35.9 Å². The number of nitrogens with zero attached hydrogens (tertiary/aromatic N) is 1. The van der Waals surface area contributed by atoms with Crippen molar-refractivity contribution in [2.45, 2.75) is 25.8 Å². The molecule has 1 heterocycles. The number of hydrogen-bond acceptors (Lipinski definition) is 3. The highest BCUT2D eigenvalue weighted by molar-refractivity contribution is 5.82. The SMILES string of the molecule is COCCN(Cc1ccccc1)C(=O)C1CC12CCNCC2. The van der Waals surface area contributed by atoms with Gasteiger partial charge in [-0.2, -0.15) is 0 Å². The molecule has 1 aliphatic carbocycles. The van der Waals surface area contributed by atoms with E-state index in [-0.39, 0.29) is 5.92 Å². The summed E-state index contributed by atoms with van der Waals surface area (Å²) in [5, 5.41) is 3.40. The molecule has 1 aliphatic heterocycles. The van der Waals surface area contributed by atoms with Crippen LogP contribution in [0.3, 0.4) is 0 Å². The number of methoxy groups -OCH3 is 1. The normalized spacial score (nSPS) is 22.5. The van der Waals surface area contributed by atoms with E-state index >= 15 is 0 Å². The number of carbonyl (C=O) groups excluding carboxylic acids is 1. The van der Waals surface area contributed by atoms with Crippen LogP contribution in [0.2, 0.25) is 0 Å². The zero-order valence-electron chi connectivity index (χ0n) is 13.4. The number of piperidine rings is 1. The Balaban J connectivity index is 1.65. The van der Waals surface area contributed by atoms with Crippen LogP contribution in [-0.2, 0) is 16.1 Å². The Morgan fingerprint density at radius 1 is 1.32 bits per heavy atom. The van der Waals surface area contributed by atoms with Gasteiger partial charge in [-0.25, -0.2) is 0 Å². The summed E-state index contributed by atoms with van der Waals surface area (Å²) in [7, 11) is 1.69. The van der Waals surface area contributed by atoms with Crippen LogP contribution in [0.15, 0.2) is 30.3 Å². The highest BCUT2D eigenvalue weighted by atomic mass is 16.5. The number of rotatable bonds is 6. The largest absolute Gasteiger partial charge is 0.383 e. The third-order valence-corrected chi connectivity index (χ3v) is 5.18. The van der Waals surface area contributed by atoms with Crippen LogP contribution in [-0.4, -0.2) is 44.2 Å². The Labute approximate surface area is 132 Å². The molecule has 1 aromatic rings. The van der Waals surface area contributed by atoms with Gasteiger partial charge >= 0.3 is 0 Å². The van der Waals surface area contributed by atoms with Crippen LogP contribution < -0.4 is 5.32 Å². The van der Waals surface area contributed by atoms with Crippen LogP contribution in [0.25, 0.3) is 0 Å². The van der Waals surface area contributed by atoms with Gasteiger partial charge in [0.05, 0.1) is 6.61 Å². The zero-order chi connectivity index (χ0) is 15.4. The van der Waals surface area contributed by atoms with E-state index in [1.807, 2.05) is 23.1 Å². The quantitative estimate of drug-likeness (QED) is 0.874. The minimum Gasteiger partial charge on any atom is -0.383 e. The smallest absolute Gasteiger partial charge is 0.226 e. The molecular formula is C18H26N2O2. The summed E-state index contributed by atoms with van der Waals surface area (Å²) in [5.41, 5.74) is 1.48. The Bertz CT molecular complexity index is 497. The van der Waals surface area contributed by atoms with Gasteiger partial charge in [0.2, 0.25) is 5.91 Å². The fraction of sp³-hybridized carbons (Fsp3) is 0.611. The monoisotopic (exact) mass is 302 g/mol. The van der Waals surface area contributed by atoms with Gasteiger partial charge in [-0.1, -0.05) is 30.3 Å². The van der Waals surface area contributed by atoms with E-state index in [0.29, 0.717) is 31.0 Å². The number of amides is 1. The molecule has 1 saturated carbocycles. The number of hydrogen-bond donors (Lipinski definition) is 1. The summed E-state index contributed by atoms with van der Waals surface area (Å²) in [6.07, 6.45) is 3.37. The van der Waals surface area contributed by atoms with Crippen molar-refractivity contribution in [2.75, 3.05) is 33.4 Å². The molecule has 0 radical (unpaired) electrons. The first-order chi connectivity index (χ1) is 10.7. The van der Waals surface area contributed by atoms with E-state index in [1.54, 1.807) is 7.11 Å². The van der Waals surface area contributed by atoms with Crippen molar-refractivity contribution in [1.82, 2.24) is 10.2 Å². The average molecular weight is 302 g/mol.